The van der Waals surface area contributed by atoms with Crippen LogP contribution in [0, 0.1) is 13.8 Å². The number of nitrogen functional groups attached to an aromatic ring is 2. The summed E-state index contributed by atoms with van der Waals surface area (Å²) in [6, 6.07) is 3.31. The number of hydrogen-bond acceptors (Lipinski definition) is 7. The SMILES string of the molecule is Cc1cc(N)n(-c2nc(-n3nc(C)cc3N)[nH]c(=O)n2)n1.Cl. The predicted molar refractivity (Wildman–Crippen MR) is 82.4 cm³/mol. The van der Waals surface area contributed by atoms with E-state index in [4.69, 9.17) is 11.5 Å². The van der Waals surface area contributed by atoms with Crippen molar-refractivity contribution in [1.29, 1.82) is 0 Å². The minimum Gasteiger partial charge on any atom is -0.383 e. The van der Waals surface area contributed by atoms with E-state index in [0.717, 1.165) is 0 Å². The zero-order valence-electron chi connectivity index (χ0n) is 11.8. The molecule has 0 saturated heterocycles. The van der Waals surface area contributed by atoms with Crippen molar-refractivity contribution < 1.29 is 0 Å². The number of aromatic amines is 1. The summed E-state index contributed by atoms with van der Waals surface area (Å²) in [4.78, 5) is 22.2. The number of hydrogen-bond donors (Lipinski definition) is 3. The van der Waals surface area contributed by atoms with Crippen LogP contribution in [-0.2, 0) is 0 Å². The third-order valence-electron chi connectivity index (χ3n) is 2.73. The van der Waals surface area contributed by atoms with E-state index in [-0.39, 0.29) is 24.3 Å². The van der Waals surface area contributed by atoms with Gasteiger partial charge in [-0.3, -0.25) is 4.98 Å². The Hall–Kier alpha value is -2.88. The first-order valence-electron chi connectivity index (χ1n) is 6.07. The fourth-order valence-electron chi connectivity index (χ4n) is 1.93. The third kappa shape index (κ3) is 2.63. The number of nitrogens with two attached hydrogens (primary N) is 2. The summed E-state index contributed by atoms with van der Waals surface area (Å²) in [7, 11) is 0. The van der Waals surface area contributed by atoms with Crippen LogP contribution in [0.4, 0.5) is 11.6 Å². The fourth-order valence-corrected chi connectivity index (χ4v) is 1.93. The molecule has 0 aromatic carbocycles. The van der Waals surface area contributed by atoms with E-state index in [0.29, 0.717) is 23.0 Å². The first kappa shape index (κ1) is 15.5. The Kier molecular flexibility index (Phi) is 3.87. The molecule has 0 aliphatic heterocycles. The summed E-state index contributed by atoms with van der Waals surface area (Å²) < 4.78 is 2.59. The number of nitrogens with zero attached hydrogens (tertiary/aromatic N) is 6. The zero-order chi connectivity index (χ0) is 15.1. The minimum atomic E-state index is -0.602. The second-order valence-corrected chi connectivity index (χ2v) is 4.52. The van der Waals surface area contributed by atoms with Crippen LogP contribution in [0.2, 0.25) is 0 Å². The minimum absolute atomic E-state index is 0. The van der Waals surface area contributed by atoms with Crippen molar-refractivity contribution in [1.82, 2.24) is 34.5 Å². The summed E-state index contributed by atoms with van der Waals surface area (Å²) in [5.41, 5.74) is 12.4. The molecule has 0 fully saturated rings. The predicted octanol–water partition coefficient (Wildman–Crippen LogP) is -0.261. The summed E-state index contributed by atoms with van der Waals surface area (Å²) in [6.07, 6.45) is 0. The monoisotopic (exact) mass is 323 g/mol. The lowest BCUT2D eigenvalue weighted by Crippen LogP contribution is -2.22. The van der Waals surface area contributed by atoms with E-state index < -0.39 is 5.69 Å². The maximum atomic E-state index is 11.7. The molecule has 0 aliphatic carbocycles. The van der Waals surface area contributed by atoms with Gasteiger partial charge in [0, 0.05) is 12.1 Å². The Labute approximate surface area is 130 Å². The highest BCUT2D eigenvalue weighted by molar-refractivity contribution is 5.85. The highest BCUT2D eigenvalue weighted by atomic mass is 35.5. The van der Waals surface area contributed by atoms with Gasteiger partial charge >= 0.3 is 5.69 Å². The third-order valence-corrected chi connectivity index (χ3v) is 2.73. The summed E-state index contributed by atoms with van der Waals surface area (Å²) in [5.74, 6) is 0.862. The molecule has 5 N–H and O–H groups in total. The van der Waals surface area contributed by atoms with Crippen LogP contribution in [0.1, 0.15) is 11.4 Å². The molecule has 0 saturated carbocycles. The maximum absolute atomic E-state index is 11.7. The molecule has 22 heavy (non-hydrogen) atoms. The van der Waals surface area contributed by atoms with Crippen LogP contribution >= 0.6 is 12.4 Å². The van der Waals surface area contributed by atoms with Crippen molar-refractivity contribution in [3.63, 3.8) is 0 Å². The second-order valence-electron chi connectivity index (χ2n) is 4.52. The standard InChI is InChI=1S/C11H13N9O.ClH/c1-5-3-7(12)19(17-5)9-14-10(16-11(21)15-9)20-8(13)4-6(2)18-20;/h3-4H,12-13H2,1-2H3,(H,14,15,16,21);1H. The molecule has 0 amide bonds. The Morgan fingerprint density at radius 3 is 2.05 bits per heavy atom. The lowest BCUT2D eigenvalue weighted by atomic mass is 10.5. The van der Waals surface area contributed by atoms with Crippen molar-refractivity contribution in [2.75, 3.05) is 11.5 Å². The number of aromatic nitrogens is 7. The number of halogens is 1. The number of anilines is 2. The van der Waals surface area contributed by atoms with Gasteiger partial charge in [0.1, 0.15) is 11.6 Å². The molecule has 10 nitrogen and oxygen atoms in total. The highest BCUT2D eigenvalue weighted by Gasteiger charge is 2.13. The van der Waals surface area contributed by atoms with Gasteiger partial charge in [0.2, 0.25) is 5.95 Å². The number of rotatable bonds is 2. The van der Waals surface area contributed by atoms with E-state index in [1.165, 1.54) is 9.36 Å². The van der Waals surface area contributed by atoms with Crippen molar-refractivity contribution in [2.45, 2.75) is 13.8 Å². The van der Waals surface area contributed by atoms with Gasteiger partial charge in [0.05, 0.1) is 11.4 Å². The van der Waals surface area contributed by atoms with Gasteiger partial charge in [-0.05, 0) is 13.8 Å². The summed E-state index contributed by atoms with van der Waals surface area (Å²) in [5, 5.41) is 8.29. The van der Waals surface area contributed by atoms with E-state index >= 15 is 0 Å². The Bertz CT molecular complexity index is 811. The van der Waals surface area contributed by atoms with Crippen molar-refractivity contribution in [3.8, 4) is 11.9 Å². The lowest BCUT2D eigenvalue weighted by Gasteiger charge is -2.05. The first-order valence-corrected chi connectivity index (χ1v) is 6.07. The van der Waals surface area contributed by atoms with Gasteiger partial charge in [-0.15, -0.1) is 12.4 Å². The zero-order valence-corrected chi connectivity index (χ0v) is 12.6. The summed E-state index contributed by atoms with van der Waals surface area (Å²) >= 11 is 0. The van der Waals surface area contributed by atoms with Gasteiger partial charge in [-0.1, -0.05) is 0 Å². The van der Waals surface area contributed by atoms with Crippen LogP contribution in [0.15, 0.2) is 16.9 Å². The van der Waals surface area contributed by atoms with Gasteiger partial charge in [-0.2, -0.15) is 29.5 Å². The normalized spacial score (nSPS) is 10.5. The molecule has 3 rings (SSSR count). The average molecular weight is 324 g/mol. The number of H-pyrrole nitrogens is 1. The molecule has 11 heteroatoms. The Morgan fingerprint density at radius 2 is 1.55 bits per heavy atom. The molecule has 0 unspecified atom stereocenters. The maximum Gasteiger partial charge on any atom is 0.351 e. The van der Waals surface area contributed by atoms with Crippen LogP contribution in [0.25, 0.3) is 11.9 Å². The quantitative estimate of drug-likeness (QED) is 0.588. The molecule has 3 aromatic heterocycles. The molecule has 0 radical (unpaired) electrons. The fraction of sp³-hybridized carbons (Fsp3) is 0.182. The molecule has 116 valence electrons. The summed E-state index contributed by atoms with van der Waals surface area (Å²) in [6.45, 7) is 3.55. The Balaban J connectivity index is 0.00000176. The number of nitrogens with one attached hydrogen (secondary N) is 1. The van der Waals surface area contributed by atoms with Crippen molar-refractivity contribution >= 4 is 24.0 Å². The van der Waals surface area contributed by atoms with Gasteiger partial charge < -0.3 is 11.5 Å². The molecular weight excluding hydrogens is 310 g/mol. The lowest BCUT2D eigenvalue weighted by molar-refractivity contribution is 0.732. The second kappa shape index (κ2) is 5.48. The molecule has 0 aliphatic rings. The van der Waals surface area contributed by atoms with E-state index in [9.17, 15) is 4.79 Å². The first-order chi connectivity index (χ1) is 9.94. The van der Waals surface area contributed by atoms with E-state index in [2.05, 4.69) is 25.1 Å². The largest absolute Gasteiger partial charge is 0.383 e. The van der Waals surface area contributed by atoms with Gasteiger partial charge in [0.25, 0.3) is 5.95 Å². The van der Waals surface area contributed by atoms with Crippen molar-refractivity contribution in [2.24, 2.45) is 0 Å². The Morgan fingerprint density at radius 1 is 1.00 bits per heavy atom. The topological polar surface area (TPSA) is 146 Å². The van der Waals surface area contributed by atoms with Gasteiger partial charge in [0.15, 0.2) is 0 Å². The van der Waals surface area contributed by atoms with E-state index in [1.807, 2.05) is 0 Å². The molecule has 3 aromatic rings. The molecule has 0 bridgehead atoms. The van der Waals surface area contributed by atoms with Gasteiger partial charge in [-0.25, -0.2) is 4.79 Å². The van der Waals surface area contributed by atoms with Crippen LogP contribution in [0.3, 0.4) is 0 Å². The highest BCUT2D eigenvalue weighted by Crippen LogP contribution is 2.12. The van der Waals surface area contributed by atoms with E-state index in [1.54, 1.807) is 26.0 Å². The molecule has 0 spiro atoms. The van der Waals surface area contributed by atoms with Crippen LogP contribution in [-0.4, -0.2) is 34.5 Å². The average Bonchev–Trinajstić information content (AvgIpc) is 2.90. The molecular formula is C11H14ClN9O. The molecule has 3 heterocycles. The molecule has 0 atom stereocenters. The smallest absolute Gasteiger partial charge is 0.351 e. The van der Waals surface area contributed by atoms with Crippen LogP contribution in [0.5, 0.6) is 0 Å². The van der Waals surface area contributed by atoms with Crippen molar-refractivity contribution in [3.05, 3.63) is 34.0 Å². The van der Waals surface area contributed by atoms with Crippen LogP contribution < -0.4 is 17.2 Å². The number of aryl methyl sites for hydroxylation is 2.